The van der Waals surface area contributed by atoms with Crippen LogP contribution in [-0.4, -0.2) is 16.5 Å². The largest absolute Gasteiger partial charge is 0.370 e. The SMILES string of the molecule is CCNc1nc(Cc2cccc(C)c2)nc(C)c1CC. The van der Waals surface area contributed by atoms with Crippen LogP contribution in [0.2, 0.25) is 0 Å². The number of hydrogen-bond donors (Lipinski definition) is 1. The lowest BCUT2D eigenvalue weighted by Gasteiger charge is -2.13. The standard InChI is InChI=1S/C17H23N3/c1-5-15-13(4)19-16(20-17(15)18-6-2)11-14-9-7-8-12(3)10-14/h7-10H,5-6,11H2,1-4H3,(H,18,19,20). The van der Waals surface area contributed by atoms with Crippen molar-refractivity contribution < 1.29 is 0 Å². The van der Waals surface area contributed by atoms with E-state index in [1.165, 1.54) is 16.7 Å². The minimum Gasteiger partial charge on any atom is -0.370 e. The van der Waals surface area contributed by atoms with Crippen LogP contribution in [0.25, 0.3) is 0 Å². The Morgan fingerprint density at radius 1 is 1.10 bits per heavy atom. The average molecular weight is 269 g/mol. The monoisotopic (exact) mass is 269 g/mol. The number of rotatable bonds is 5. The average Bonchev–Trinajstić information content (AvgIpc) is 2.39. The second-order valence-electron chi connectivity index (χ2n) is 5.10. The first-order valence-corrected chi connectivity index (χ1v) is 7.29. The van der Waals surface area contributed by atoms with Gasteiger partial charge in [0.15, 0.2) is 0 Å². The number of aryl methyl sites for hydroxylation is 2. The fourth-order valence-electron chi connectivity index (χ4n) is 2.47. The number of hydrogen-bond acceptors (Lipinski definition) is 3. The molecule has 0 atom stereocenters. The molecule has 0 saturated carbocycles. The summed E-state index contributed by atoms with van der Waals surface area (Å²) in [6, 6.07) is 8.52. The Balaban J connectivity index is 2.32. The summed E-state index contributed by atoms with van der Waals surface area (Å²) < 4.78 is 0. The molecule has 106 valence electrons. The Kier molecular flexibility index (Phi) is 4.72. The fourth-order valence-corrected chi connectivity index (χ4v) is 2.47. The molecule has 0 aliphatic rings. The highest BCUT2D eigenvalue weighted by molar-refractivity contribution is 5.46. The van der Waals surface area contributed by atoms with Crippen molar-refractivity contribution in [3.05, 3.63) is 52.5 Å². The van der Waals surface area contributed by atoms with E-state index in [0.29, 0.717) is 0 Å². The lowest BCUT2D eigenvalue weighted by atomic mass is 10.1. The topological polar surface area (TPSA) is 37.8 Å². The van der Waals surface area contributed by atoms with Gasteiger partial charge in [0.1, 0.15) is 11.6 Å². The minimum absolute atomic E-state index is 0.783. The van der Waals surface area contributed by atoms with E-state index < -0.39 is 0 Å². The third-order valence-electron chi connectivity index (χ3n) is 3.40. The van der Waals surface area contributed by atoms with E-state index in [9.17, 15) is 0 Å². The van der Waals surface area contributed by atoms with Gasteiger partial charge in [-0.05, 0) is 32.8 Å². The normalized spacial score (nSPS) is 10.6. The van der Waals surface area contributed by atoms with Crippen LogP contribution in [0.15, 0.2) is 24.3 Å². The zero-order valence-corrected chi connectivity index (χ0v) is 12.8. The third-order valence-corrected chi connectivity index (χ3v) is 3.40. The molecule has 20 heavy (non-hydrogen) atoms. The maximum atomic E-state index is 4.70. The molecule has 0 aliphatic heterocycles. The third kappa shape index (κ3) is 3.35. The first-order chi connectivity index (χ1) is 9.63. The van der Waals surface area contributed by atoms with Gasteiger partial charge in [0, 0.05) is 24.2 Å². The molecule has 2 aromatic rings. The molecule has 0 saturated heterocycles. The minimum atomic E-state index is 0.783. The smallest absolute Gasteiger partial charge is 0.135 e. The zero-order chi connectivity index (χ0) is 14.5. The summed E-state index contributed by atoms with van der Waals surface area (Å²) in [5.74, 6) is 1.88. The van der Waals surface area contributed by atoms with Crippen LogP contribution in [0.5, 0.6) is 0 Å². The van der Waals surface area contributed by atoms with Gasteiger partial charge in [0.05, 0.1) is 0 Å². The zero-order valence-electron chi connectivity index (χ0n) is 12.8. The van der Waals surface area contributed by atoms with Gasteiger partial charge in [0.2, 0.25) is 0 Å². The van der Waals surface area contributed by atoms with E-state index in [1.807, 2.05) is 0 Å². The summed E-state index contributed by atoms with van der Waals surface area (Å²) in [5, 5.41) is 3.35. The molecule has 1 aromatic heterocycles. The Bertz CT molecular complexity index is 591. The van der Waals surface area contributed by atoms with Gasteiger partial charge in [-0.3, -0.25) is 0 Å². The lowest BCUT2D eigenvalue weighted by Crippen LogP contribution is -2.10. The Hall–Kier alpha value is -1.90. The second kappa shape index (κ2) is 6.51. The molecule has 0 spiro atoms. The van der Waals surface area contributed by atoms with Crippen molar-refractivity contribution in [3.63, 3.8) is 0 Å². The number of anilines is 1. The van der Waals surface area contributed by atoms with E-state index in [0.717, 1.165) is 36.7 Å². The van der Waals surface area contributed by atoms with Gasteiger partial charge < -0.3 is 5.32 Å². The van der Waals surface area contributed by atoms with Crippen LogP contribution in [0.4, 0.5) is 5.82 Å². The molecule has 1 aromatic carbocycles. The van der Waals surface area contributed by atoms with E-state index in [-0.39, 0.29) is 0 Å². The number of nitrogens with one attached hydrogen (secondary N) is 1. The quantitative estimate of drug-likeness (QED) is 0.899. The van der Waals surface area contributed by atoms with E-state index in [4.69, 9.17) is 4.98 Å². The van der Waals surface area contributed by atoms with Crippen LogP contribution in [0.3, 0.4) is 0 Å². The van der Waals surface area contributed by atoms with Gasteiger partial charge in [-0.2, -0.15) is 0 Å². The molecule has 0 unspecified atom stereocenters. The van der Waals surface area contributed by atoms with Gasteiger partial charge in [-0.1, -0.05) is 36.8 Å². The number of aromatic nitrogens is 2. The maximum absolute atomic E-state index is 4.70. The molecule has 0 amide bonds. The van der Waals surface area contributed by atoms with Gasteiger partial charge in [-0.25, -0.2) is 9.97 Å². The molecule has 2 rings (SSSR count). The highest BCUT2D eigenvalue weighted by atomic mass is 15.0. The summed E-state index contributed by atoms with van der Waals surface area (Å²) in [6.45, 7) is 9.30. The summed E-state index contributed by atoms with van der Waals surface area (Å²) in [5.41, 5.74) is 4.84. The molecule has 3 nitrogen and oxygen atoms in total. The van der Waals surface area contributed by atoms with Crippen LogP contribution >= 0.6 is 0 Å². The maximum Gasteiger partial charge on any atom is 0.135 e. The van der Waals surface area contributed by atoms with E-state index in [2.05, 4.69) is 62.3 Å². The first kappa shape index (κ1) is 14.5. The van der Waals surface area contributed by atoms with Crippen LogP contribution in [0.1, 0.15) is 42.1 Å². The molecule has 0 aliphatic carbocycles. The molecule has 0 bridgehead atoms. The summed E-state index contributed by atoms with van der Waals surface area (Å²) in [7, 11) is 0. The summed E-state index contributed by atoms with van der Waals surface area (Å²) in [4.78, 5) is 9.36. The Morgan fingerprint density at radius 2 is 1.90 bits per heavy atom. The fraction of sp³-hybridized carbons (Fsp3) is 0.412. The Morgan fingerprint density at radius 3 is 2.55 bits per heavy atom. The van der Waals surface area contributed by atoms with Gasteiger partial charge >= 0.3 is 0 Å². The van der Waals surface area contributed by atoms with Crippen LogP contribution in [0, 0.1) is 13.8 Å². The van der Waals surface area contributed by atoms with Crippen molar-refractivity contribution in [2.24, 2.45) is 0 Å². The second-order valence-corrected chi connectivity index (χ2v) is 5.10. The summed E-state index contributed by atoms with van der Waals surface area (Å²) >= 11 is 0. The van der Waals surface area contributed by atoms with Crippen molar-refractivity contribution >= 4 is 5.82 Å². The van der Waals surface area contributed by atoms with Crippen molar-refractivity contribution in [2.45, 2.75) is 40.5 Å². The molecular weight excluding hydrogens is 246 g/mol. The first-order valence-electron chi connectivity index (χ1n) is 7.29. The lowest BCUT2D eigenvalue weighted by molar-refractivity contribution is 0.901. The van der Waals surface area contributed by atoms with Crippen LogP contribution in [-0.2, 0) is 12.8 Å². The van der Waals surface area contributed by atoms with Crippen molar-refractivity contribution in [3.8, 4) is 0 Å². The predicted molar refractivity (Wildman–Crippen MR) is 84.3 cm³/mol. The highest BCUT2D eigenvalue weighted by Crippen LogP contribution is 2.18. The number of nitrogens with zero attached hydrogens (tertiary/aromatic N) is 2. The molecule has 3 heteroatoms. The number of benzene rings is 1. The van der Waals surface area contributed by atoms with Crippen LogP contribution < -0.4 is 5.32 Å². The molecule has 1 N–H and O–H groups in total. The molecule has 0 fully saturated rings. The molecule has 1 heterocycles. The van der Waals surface area contributed by atoms with Gasteiger partial charge in [-0.15, -0.1) is 0 Å². The van der Waals surface area contributed by atoms with Crippen molar-refractivity contribution in [1.82, 2.24) is 9.97 Å². The van der Waals surface area contributed by atoms with Gasteiger partial charge in [0.25, 0.3) is 0 Å². The molecule has 0 radical (unpaired) electrons. The Labute approximate surface area is 121 Å². The van der Waals surface area contributed by atoms with E-state index in [1.54, 1.807) is 0 Å². The van der Waals surface area contributed by atoms with Crippen molar-refractivity contribution in [1.29, 1.82) is 0 Å². The summed E-state index contributed by atoms with van der Waals surface area (Å²) in [6.07, 6.45) is 1.74. The highest BCUT2D eigenvalue weighted by Gasteiger charge is 2.10. The predicted octanol–water partition coefficient (Wildman–Crippen LogP) is 3.68. The molecular formula is C17H23N3. The van der Waals surface area contributed by atoms with E-state index >= 15 is 0 Å². The van der Waals surface area contributed by atoms with Crippen molar-refractivity contribution in [2.75, 3.05) is 11.9 Å².